The van der Waals surface area contributed by atoms with Gasteiger partial charge in [0, 0.05) is 53.3 Å². The van der Waals surface area contributed by atoms with Crippen molar-refractivity contribution in [1.29, 1.82) is 5.26 Å². The normalized spacial score (nSPS) is 39.8. The Labute approximate surface area is 703 Å². The number of rotatable bonds is 22. The number of carbonyl (C=O) groups excluding carboxylic acids is 13. The smallest absolute Gasteiger partial charge is 0.405 e. The topological polar surface area (TPSA) is 384 Å². The Morgan fingerprint density at radius 2 is 0.810 bits per heavy atom. The molecule has 0 N–H and O–H groups in total. The lowest BCUT2D eigenvalue weighted by molar-refractivity contribution is -0.231. The standard InChI is InChI=1S/C16H22O6.C16H24O5.C15H19F3O4.C15H19NO4.C14H20O4.C13H18O5/c1-5-16(2,3)15(19)22-12-7-6-8-10(9(7)13(17)20-4)14(18)21-11(8)12;1-4-16(2,3)15(18)20-6-5-19-12-9-7-10-11(8-9)14(17)21-13(10)12;1-4-13(2,3)11(19)21-9-7-5-8-10(9)22-12(20)14(8,6-7)15(16,17)18;1-4-14(2,3)12(17)19-10-8-5-9-11(10)20-13(18)15(9,6-8)7-16;1-4-14(2,3)13(16)18-10-7-5-8-9(6-7)12(15)17-11(8)10;1-4-13(2,3)12(15)18-9-7-5-6-8(16-7)10(9)17-11(6)14/h7-12H,5-6H2,1-4H3;9-13H,4-8H2,1-3H3;7-10H,4-6H2,1-3H3;8-11H,4-6H2,1-3H3;7-11H,4-6H2,1-3H3;6-10H,4-5H2,1-3H3. The molecule has 121 heavy (non-hydrogen) atoms. The summed E-state index contributed by atoms with van der Waals surface area (Å²) in [6, 6.07) is 2.15. The maximum absolute atomic E-state index is 13.4. The van der Waals surface area contributed by atoms with E-state index in [9.17, 15) is 80.8 Å². The maximum Gasteiger partial charge on any atom is 0.405 e. The molecule has 12 bridgehead atoms. The Kier molecular flexibility index (Phi) is 24.6. The van der Waals surface area contributed by atoms with Crippen LogP contribution in [0.15, 0.2) is 0 Å². The number of carbonyl (C=O) groups is 13. The Bertz CT molecular complexity index is 4080. The molecule has 0 aromatic rings. The maximum atomic E-state index is 13.4. The van der Waals surface area contributed by atoms with Gasteiger partial charge < -0.3 is 71.1 Å². The third kappa shape index (κ3) is 15.5. The van der Waals surface area contributed by atoms with Crippen LogP contribution in [0, 0.1) is 143 Å². The highest BCUT2D eigenvalue weighted by Gasteiger charge is 2.81. The second kappa shape index (κ2) is 32.7. The highest BCUT2D eigenvalue weighted by atomic mass is 19.4. The Balaban J connectivity index is 0.000000125. The number of hydrogen-bond acceptors (Lipinski definition) is 29. The number of fused-ring (bicyclic) bond motifs is 6. The van der Waals surface area contributed by atoms with Gasteiger partial charge in [-0.2, -0.15) is 18.4 Å². The predicted molar refractivity (Wildman–Crippen MR) is 410 cm³/mol. The van der Waals surface area contributed by atoms with Crippen LogP contribution in [0.5, 0.6) is 0 Å². The molecule has 0 amide bonds. The summed E-state index contributed by atoms with van der Waals surface area (Å²) < 4.78 is 122. The van der Waals surface area contributed by atoms with Gasteiger partial charge in [0.05, 0.1) is 94.1 Å². The van der Waals surface area contributed by atoms with Crippen LogP contribution in [0.25, 0.3) is 0 Å². The fourth-order valence-corrected chi connectivity index (χ4v) is 21.8. The third-order valence-electron chi connectivity index (χ3n) is 31.9. The first-order valence-corrected chi connectivity index (χ1v) is 43.8. The summed E-state index contributed by atoms with van der Waals surface area (Å²) >= 11 is 0. The minimum Gasteiger partial charge on any atom is -0.469 e. The number of methoxy groups -OCH3 is 1. The van der Waals surface area contributed by atoms with Crippen molar-refractivity contribution in [3.05, 3.63) is 0 Å². The van der Waals surface area contributed by atoms with Gasteiger partial charge in [-0.1, -0.05) is 41.5 Å². The van der Waals surface area contributed by atoms with Crippen LogP contribution in [0.3, 0.4) is 0 Å². The van der Waals surface area contributed by atoms with Crippen molar-refractivity contribution < 1.29 is 147 Å². The van der Waals surface area contributed by atoms with Crippen molar-refractivity contribution >= 4 is 77.6 Å². The van der Waals surface area contributed by atoms with Gasteiger partial charge in [-0.05, 0) is 192 Å². The Morgan fingerprint density at radius 1 is 0.405 bits per heavy atom. The highest BCUT2D eigenvalue weighted by molar-refractivity contribution is 5.88. The van der Waals surface area contributed by atoms with E-state index in [2.05, 4.69) is 6.07 Å². The molecule has 0 aromatic carbocycles. The molecule has 18 rings (SSSR count). The molecule has 10 saturated carbocycles. The largest absolute Gasteiger partial charge is 0.469 e. The number of hydrogen-bond donors (Lipinski definition) is 0. The minimum absolute atomic E-state index is 0.00409. The van der Waals surface area contributed by atoms with Crippen molar-refractivity contribution in [2.75, 3.05) is 20.3 Å². The first-order valence-electron chi connectivity index (χ1n) is 43.8. The van der Waals surface area contributed by atoms with Gasteiger partial charge in [-0.25, -0.2) is 0 Å². The molecule has 32 heteroatoms. The van der Waals surface area contributed by atoms with Crippen molar-refractivity contribution in [2.45, 2.75) is 319 Å². The second-order valence-electron chi connectivity index (χ2n) is 40.9. The van der Waals surface area contributed by atoms with Gasteiger partial charge >= 0.3 is 83.8 Å². The zero-order valence-corrected chi connectivity index (χ0v) is 73.0. The van der Waals surface area contributed by atoms with E-state index >= 15 is 0 Å². The molecule has 0 radical (unpaired) electrons. The van der Waals surface area contributed by atoms with Crippen molar-refractivity contribution in [2.24, 2.45) is 132 Å². The van der Waals surface area contributed by atoms with E-state index < -0.39 is 140 Å². The first kappa shape index (κ1) is 91.0. The fourth-order valence-electron chi connectivity index (χ4n) is 21.8. The summed E-state index contributed by atoms with van der Waals surface area (Å²) in [5, 5.41) is 9.31. The van der Waals surface area contributed by atoms with E-state index in [1.165, 1.54) is 7.11 Å². The summed E-state index contributed by atoms with van der Waals surface area (Å²) in [5.41, 5.74) is -6.59. The first-order chi connectivity index (χ1) is 56.5. The Hall–Kier alpha value is -7.69. The third-order valence-corrected chi connectivity index (χ3v) is 31.9. The van der Waals surface area contributed by atoms with Crippen LogP contribution in [0.2, 0.25) is 0 Å². The van der Waals surface area contributed by atoms with Crippen molar-refractivity contribution in [3.63, 3.8) is 0 Å². The lowest BCUT2D eigenvalue weighted by Crippen LogP contribution is -2.49. The van der Waals surface area contributed by atoms with Crippen molar-refractivity contribution in [3.8, 4) is 6.07 Å². The van der Waals surface area contributed by atoms with Gasteiger partial charge in [0.25, 0.3) is 0 Å². The fraction of sp³-hybridized carbons (Fsp3) is 0.843. The molecule has 672 valence electrons. The summed E-state index contributed by atoms with van der Waals surface area (Å²) in [6.07, 6.45) is 0.587. The van der Waals surface area contributed by atoms with Crippen LogP contribution >= 0.6 is 0 Å². The molecule has 10 aliphatic carbocycles. The van der Waals surface area contributed by atoms with Crippen LogP contribution in [0.1, 0.15) is 227 Å². The van der Waals surface area contributed by atoms with Gasteiger partial charge in [0.2, 0.25) is 0 Å². The van der Waals surface area contributed by atoms with Gasteiger partial charge in [-0.3, -0.25) is 62.3 Å². The number of ether oxygens (including phenoxy) is 15. The number of halogens is 3. The zero-order valence-electron chi connectivity index (χ0n) is 73.0. The van der Waals surface area contributed by atoms with E-state index in [0.29, 0.717) is 75.2 Å². The lowest BCUT2D eigenvalue weighted by atomic mass is 9.73. The van der Waals surface area contributed by atoms with E-state index in [4.69, 9.17) is 71.1 Å². The SMILES string of the molecule is CCC(C)(C)C(=O)OC1C2CC3C(=O)OC1C3C2.CCC(C)(C)C(=O)OC1C2CC3C(=O)OC1C3O2.CCC(C)(C)C(=O)OC1C2CC3C1OC(=O)C3(C#N)C2.CCC(C)(C)C(=O)OC1C2CC3C1OC(=O)C3(C(F)(F)F)C2.CCC(C)(C)C(=O)OC1C2CC3C1OC(=O)C3C2C(=O)OC.CCC(C)(C)C(=O)OCCOC1C2CC3C(=O)OC1C3C2. The van der Waals surface area contributed by atoms with Crippen LogP contribution in [0.4, 0.5) is 13.2 Å². The molecule has 8 saturated heterocycles. The summed E-state index contributed by atoms with van der Waals surface area (Å²) in [7, 11) is 1.31. The number of nitriles is 1. The molecule has 31 atom stereocenters. The van der Waals surface area contributed by atoms with Gasteiger partial charge in [-0.15, -0.1) is 0 Å². The molecule has 0 aromatic heterocycles. The van der Waals surface area contributed by atoms with E-state index in [0.717, 1.165) is 44.9 Å². The van der Waals surface area contributed by atoms with E-state index in [1.54, 1.807) is 13.8 Å². The van der Waals surface area contributed by atoms with Crippen LogP contribution in [-0.4, -0.2) is 190 Å². The number of alkyl halides is 3. The highest BCUT2D eigenvalue weighted by Crippen LogP contribution is 2.69. The second-order valence-corrected chi connectivity index (χ2v) is 40.9. The van der Waals surface area contributed by atoms with Gasteiger partial charge in [0.15, 0.2) is 23.0 Å². The summed E-state index contributed by atoms with van der Waals surface area (Å²) in [4.78, 5) is 155. The Morgan fingerprint density at radius 3 is 1.30 bits per heavy atom. The summed E-state index contributed by atoms with van der Waals surface area (Å²) in [5.74, 6) is -5.50. The average molecular weight is 1710 g/mol. The summed E-state index contributed by atoms with van der Waals surface area (Å²) in [6.45, 7) is 34.3. The number of esters is 13. The monoisotopic (exact) mass is 1710 g/mol. The average Bonchev–Trinajstić information content (AvgIpc) is 1.52. The quantitative estimate of drug-likeness (QED) is 0.0552. The molecular weight excluding hydrogens is 1590 g/mol. The molecular formula is C89H122F3NO28. The van der Waals surface area contributed by atoms with E-state index in [-0.39, 0.29) is 157 Å². The van der Waals surface area contributed by atoms with Crippen molar-refractivity contribution in [1.82, 2.24) is 0 Å². The molecule has 18 fully saturated rings. The zero-order chi connectivity index (χ0) is 88.8. The molecule has 8 aliphatic heterocycles. The molecule has 0 spiro atoms. The van der Waals surface area contributed by atoms with Gasteiger partial charge in [0.1, 0.15) is 67.6 Å². The van der Waals surface area contributed by atoms with Crippen LogP contribution < -0.4 is 0 Å². The minimum atomic E-state index is -4.62. The molecule has 8 heterocycles. The predicted octanol–water partition coefficient (Wildman–Crippen LogP) is 10.9. The lowest BCUT2D eigenvalue weighted by Gasteiger charge is -2.34. The van der Waals surface area contributed by atoms with Crippen LogP contribution in [-0.2, 0) is 133 Å². The molecule has 18 aliphatic rings. The molecule has 31 unspecified atom stereocenters. The molecule has 29 nitrogen and oxygen atoms in total. The van der Waals surface area contributed by atoms with E-state index in [1.807, 2.05) is 111 Å². The number of nitrogens with zero attached hydrogens (tertiary/aromatic N) is 1.